The van der Waals surface area contributed by atoms with Crippen molar-refractivity contribution in [2.75, 3.05) is 20.1 Å². The van der Waals surface area contributed by atoms with Gasteiger partial charge in [-0.3, -0.25) is 9.69 Å². The number of likely N-dealkylation sites (tertiary alicyclic amines) is 1. The third kappa shape index (κ3) is 2.69. The van der Waals surface area contributed by atoms with E-state index in [9.17, 15) is 4.79 Å². The van der Waals surface area contributed by atoms with Crippen LogP contribution in [0.15, 0.2) is 0 Å². The number of primary amides is 1. The van der Waals surface area contributed by atoms with E-state index in [1.54, 1.807) is 0 Å². The van der Waals surface area contributed by atoms with Gasteiger partial charge in [0.25, 0.3) is 0 Å². The maximum atomic E-state index is 11.2. The molecule has 0 spiro atoms. The van der Waals surface area contributed by atoms with E-state index in [0.717, 1.165) is 25.9 Å². The van der Waals surface area contributed by atoms with Gasteiger partial charge in [-0.25, -0.2) is 0 Å². The van der Waals surface area contributed by atoms with Crippen molar-refractivity contribution in [1.29, 1.82) is 0 Å². The second-order valence-corrected chi connectivity index (χ2v) is 3.95. The first kappa shape index (κ1) is 11.5. The fourth-order valence-electron chi connectivity index (χ4n) is 2.16. The van der Waals surface area contributed by atoms with E-state index < -0.39 is 0 Å². The van der Waals surface area contributed by atoms with Crippen LogP contribution in [0.3, 0.4) is 0 Å². The average molecular weight is 199 g/mol. The molecule has 1 heterocycles. The summed E-state index contributed by atoms with van der Waals surface area (Å²) in [6.07, 6.45) is 3.16. The second kappa shape index (κ2) is 5.32. The summed E-state index contributed by atoms with van der Waals surface area (Å²) in [6.45, 7) is 3.95. The Morgan fingerprint density at radius 2 is 2.43 bits per heavy atom. The molecule has 0 aliphatic carbocycles. The molecule has 14 heavy (non-hydrogen) atoms. The van der Waals surface area contributed by atoms with Crippen LogP contribution in [0.2, 0.25) is 0 Å². The Bertz CT molecular complexity index is 196. The molecular weight excluding hydrogens is 178 g/mol. The molecule has 0 aromatic rings. The van der Waals surface area contributed by atoms with E-state index in [2.05, 4.69) is 10.2 Å². The molecule has 82 valence electrons. The largest absolute Gasteiger partial charge is 0.368 e. The summed E-state index contributed by atoms with van der Waals surface area (Å²) in [5, 5.41) is 3.26. The number of hydrogen-bond donors (Lipinski definition) is 2. The molecule has 3 N–H and O–H groups in total. The molecule has 0 bridgehead atoms. The van der Waals surface area contributed by atoms with E-state index >= 15 is 0 Å². The van der Waals surface area contributed by atoms with Gasteiger partial charge in [0.2, 0.25) is 5.91 Å². The summed E-state index contributed by atoms with van der Waals surface area (Å²) in [5.74, 6) is -0.191. The zero-order valence-electron chi connectivity index (χ0n) is 9.12. The van der Waals surface area contributed by atoms with Gasteiger partial charge in [0.15, 0.2) is 0 Å². The zero-order chi connectivity index (χ0) is 10.6. The van der Waals surface area contributed by atoms with E-state index in [-0.39, 0.29) is 11.9 Å². The van der Waals surface area contributed by atoms with Crippen LogP contribution in [0.25, 0.3) is 0 Å². The lowest BCUT2D eigenvalue weighted by Gasteiger charge is -2.36. The third-order valence-corrected chi connectivity index (χ3v) is 3.02. The standard InChI is InChI=1S/C10H21N3O/c1-3-9(10(11)14)13-6-4-5-8(7-13)12-2/h8-9,12H,3-7H2,1-2H3,(H2,11,14). The molecule has 1 amide bonds. The Balaban J connectivity index is 2.53. The first-order valence-corrected chi connectivity index (χ1v) is 5.39. The predicted octanol–water partition coefficient (Wildman–Crippen LogP) is -0.0659. The number of carbonyl (C=O) groups excluding carboxylic acids is 1. The topological polar surface area (TPSA) is 58.4 Å². The third-order valence-electron chi connectivity index (χ3n) is 3.02. The number of nitrogens with zero attached hydrogens (tertiary/aromatic N) is 1. The Morgan fingerprint density at radius 3 is 2.93 bits per heavy atom. The van der Waals surface area contributed by atoms with Crippen molar-refractivity contribution in [2.45, 2.75) is 38.3 Å². The van der Waals surface area contributed by atoms with Crippen LogP contribution in [-0.4, -0.2) is 43.0 Å². The van der Waals surface area contributed by atoms with Gasteiger partial charge in [0.1, 0.15) is 0 Å². The summed E-state index contributed by atoms with van der Waals surface area (Å²) in [4.78, 5) is 13.4. The highest BCUT2D eigenvalue weighted by Crippen LogP contribution is 2.14. The first-order valence-electron chi connectivity index (χ1n) is 5.39. The summed E-state index contributed by atoms with van der Waals surface area (Å²) in [6, 6.07) is 0.434. The van der Waals surface area contributed by atoms with E-state index in [4.69, 9.17) is 5.73 Å². The summed E-state index contributed by atoms with van der Waals surface area (Å²) >= 11 is 0. The number of carbonyl (C=O) groups is 1. The van der Waals surface area contributed by atoms with Crippen molar-refractivity contribution in [3.63, 3.8) is 0 Å². The minimum Gasteiger partial charge on any atom is -0.368 e. The van der Waals surface area contributed by atoms with Crippen LogP contribution in [0, 0.1) is 0 Å². The highest BCUT2D eigenvalue weighted by molar-refractivity contribution is 5.79. The highest BCUT2D eigenvalue weighted by Gasteiger charge is 2.26. The minimum absolute atomic E-state index is 0.0776. The zero-order valence-corrected chi connectivity index (χ0v) is 9.12. The molecular formula is C10H21N3O. The predicted molar refractivity (Wildman–Crippen MR) is 56.9 cm³/mol. The average Bonchev–Trinajstić information content (AvgIpc) is 2.19. The van der Waals surface area contributed by atoms with Crippen LogP contribution in [0.4, 0.5) is 0 Å². The molecule has 4 nitrogen and oxygen atoms in total. The number of nitrogens with two attached hydrogens (primary N) is 1. The van der Waals surface area contributed by atoms with Crippen molar-refractivity contribution in [3.8, 4) is 0 Å². The molecule has 0 aromatic heterocycles. The maximum Gasteiger partial charge on any atom is 0.234 e. The molecule has 1 aliphatic rings. The van der Waals surface area contributed by atoms with Crippen molar-refractivity contribution in [2.24, 2.45) is 5.73 Å². The summed E-state index contributed by atoms with van der Waals surface area (Å²) in [7, 11) is 1.97. The molecule has 1 fully saturated rings. The van der Waals surface area contributed by atoms with Gasteiger partial charge in [-0.15, -0.1) is 0 Å². The first-order chi connectivity index (χ1) is 6.69. The van der Waals surface area contributed by atoms with Gasteiger partial charge < -0.3 is 11.1 Å². The Morgan fingerprint density at radius 1 is 1.71 bits per heavy atom. The van der Waals surface area contributed by atoms with Gasteiger partial charge in [-0.05, 0) is 32.9 Å². The number of hydrogen-bond acceptors (Lipinski definition) is 3. The maximum absolute atomic E-state index is 11.2. The lowest BCUT2D eigenvalue weighted by Crippen LogP contribution is -2.52. The molecule has 0 aromatic carbocycles. The van der Waals surface area contributed by atoms with E-state index in [1.807, 2.05) is 14.0 Å². The van der Waals surface area contributed by atoms with Gasteiger partial charge in [0, 0.05) is 12.6 Å². The lowest BCUT2D eigenvalue weighted by molar-refractivity contribution is -0.123. The van der Waals surface area contributed by atoms with E-state index in [0.29, 0.717) is 6.04 Å². The van der Waals surface area contributed by atoms with Crippen molar-refractivity contribution in [1.82, 2.24) is 10.2 Å². The van der Waals surface area contributed by atoms with Crippen LogP contribution in [-0.2, 0) is 4.79 Å². The Hall–Kier alpha value is -0.610. The van der Waals surface area contributed by atoms with Gasteiger partial charge >= 0.3 is 0 Å². The normalized spacial score (nSPS) is 26.0. The fourth-order valence-corrected chi connectivity index (χ4v) is 2.16. The van der Waals surface area contributed by atoms with Crippen LogP contribution in [0.5, 0.6) is 0 Å². The van der Waals surface area contributed by atoms with E-state index in [1.165, 1.54) is 6.42 Å². The summed E-state index contributed by atoms with van der Waals surface area (Å²) < 4.78 is 0. The highest BCUT2D eigenvalue weighted by atomic mass is 16.1. The smallest absolute Gasteiger partial charge is 0.234 e. The minimum atomic E-state index is -0.191. The molecule has 2 atom stereocenters. The van der Waals surface area contributed by atoms with Gasteiger partial charge in [-0.2, -0.15) is 0 Å². The summed E-state index contributed by atoms with van der Waals surface area (Å²) in [5.41, 5.74) is 5.36. The van der Waals surface area contributed by atoms with Crippen molar-refractivity contribution in [3.05, 3.63) is 0 Å². The monoisotopic (exact) mass is 199 g/mol. The molecule has 4 heteroatoms. The quantitative estimate of drug-likeness (QED) is 0.666. The number of rotatable bonds is 4. The molecule has 1 aliphatic heterocycles. The Labute approximate surface area is 85.8 Å². The molecule has 2 unspecified atom stereocenters. The van der Waals surface area contributed by atoms with Crippen LogP contribution >= 0.6 is 0 Å². The number of piperidine rings is 1. The number of likely N-dealkylation sites (N-methyl/N-ethyl adjacent to an activating group) is 1. The van der Waals surface area contributed by atoms with Crippen molar-refractivity contribution >= 4 is 5.91 Å². The second-order valence-electron chi connectivity index (χ2n) is 3.95. The van der Waals surface area contributed by atoms with Gasteiger partial charge in [0.05, 0.1) is 6.04 Å². The SMILES string of the molecule is CCC(C(N)=O)N1CCCC(NC)C1. The van der Waals surface area contributed by atoms with Crippen molar-refractivity contribution < 1.29 is 4.79 Å². The number of nitrogens with one attached hydrogen (secondary N) is 1. The fraction of sp³-hybridized carbons (Fsp3) is 0.900. The lowest BCUT2D eigenvalue weighted by atomic mass is 10.0. The molecule has 0 saturated carbocycles. The molecule has 0 radical (unpaired) electrons. The Kier molecular flexibility index (Phi) is 4.35. The van der Waals surface area contributed by atoms with Gasteiger partial charge in [-0.1, -0.05) is 6.92 Å². The molecule has 1 saturated heterocycles. The molecule has 1 rings (SSSR count). The van der Waals surface area contributed by atoms with Crippen LogP contribution < -0.4 is 11.1 Å². The van der Waals surface area contributed by atoms with Crippen LogP contribution in [0.1, 0.15) is 26.2 Å². The number of amides is 1.